The van der Waals surface area contributed by atoms with Crippen molar-refractivity contribution >= 4 is 0 Å². The highest BCUT2D eigenvalue weighted by atomic mass is 16.6. The summed E-state index contributed by atoms with van der Waals surface area (Å²) in [6.07, 6.45) is 6.03. The molecule has 1 saturated carbocycles. The third-order valence-electron chi connectivity index (χ3n) is 4.82. The number of aliphatic hydroxyl groups is 1. The second-order valence-corrected chi connectivity index (χ2v) is 8.99. The minimum atomic E-state index is -0.646. The van der Waals surface area contributed by atoms with Gasteiger partial charge in [-0.25, -0.2) is 0 Å². The van der Waals surface area contributed by atoms with Crippen molar-refractivity contribution in [2.24, 2.45) is 16.7 Å². The largest absolute Gasteiger partial charge is 0.368 e. The van der Waals surface area contributed by atoms with Gasteiger partial charge in [0.15, 0.2) is 6.29 Å². The van der Waals surface area contributed by atoms with Crippen molar-refractivity contribution in [2.45, 2.75) is 98.9 Å². The lowest BCUT2D eigenvalue weighted by atomic mass is 9.71. The van der Waals surface area contributed by atoms with Crippen LogP contribution in [0.4, 0.5) is 0 Å². The van der Waals surface area contributed by atoms with Crippen LogP contribution in [0, 0.1) is 16.7 Å². The Hall–Kier alpha value is -0.0800. The van der Waals surface area contributed by atoms with Gasteiger partial charge in [0.05, 0.1) is 5.60 Å². The van der Waals surface area contributed by atoms with E-state index in [0.29, 0.717) is 0 Å². The lowest BCUT2D eigenvalue weighted by Crippen LogP contribution is -2.42. The first kappa shape index (κ1) is 18.0. The molecule has 2 atom stereocenters. The van der Waals surface area contributed by atoms with Crippen LogP contribution in [0.3, 0.4) is 0 Å². The van der Waals surface area contributed by atoms with Crippen LogP contribution in [0.25, 0.3) is 0 Å². The maximum absolute atomic E-state index is 10.7. The standard InChI is InChI=1S/C18H36O2/c1-8-18(11-9-10-12-18)20-15(19)14(17(5,6)7)13-16(2,3)4/h14-15,19H,8-13H2,1-7H3. The summed E-state index contributed by atoms with van der Waals surface area (Å²) < 4.78 is 6.24. The fourth-order valence-electron chi connectivity index (χ4n) is 3.41. The SMILES string of the molecule is CCC1(OC(O)C(CC(C)(C)C)C(C)(C)C)CCCC1. The Bertz CT molecular complexity index is 290. The molecule has 1 fully saturated rings. The molecule has 0 heterocycles. The fraction of sp³-hybridized carbons (Fsp3) is 1.00. The van der Waals surface area contributed by atoms with Crippen molar-refractivity contribution < 1.29 is 9.84 Å². The van der Waals surface area contributed by atoms with Gasteiger partial charge in [0.1, 0.15) is 0 Å². The van der Waals surface area contributed by atoms with Gasteiger partial charge in [-0.3, -0.25) is 0 Å². The van der Waals surface area contributed by atoms with Crippen molar-refractivity contribution in [2.75, 3.05) is 0 Å². The molecule has 0 aromatic heterocycles. The number of ether oxygens (including phenoxy) is 1. The molecule has 1 rings (SSSR count). The molecule has 0 spiro atoms. The molecule has 1 N–H and O–H groups in total. The van der Waals surface area contributed by atoms with Crippen LogP contribution in [0.1, 0.15) is 87.0 Å². The van der Waals surface area contributed by atoms with Crippen molar-refractivity contribution in [1.82, 2.24) is 0 Å². The molecule has 0 radical (unpaired) electrons. The number of hydrogen-bond donors (Lipinski definition) is 1. The molecule has 2 unspecified atom stereocenters. The molecule has 0 aromatic carbocycles. The topological polar surface area (TPSA) is 29.5 Å². The molecule has 0 aromatic rings. The second-order valence-electron chi connectivity index (χ2n) is 8.99. The van der Waals surface area contributed by atoms with Gasteiger partial charge in [-0.15, -0.1) is 0 Å². The Morgan fingerprint density at radius 1 is 1.05 bits per heavy atom. The Balaban J connectivity index is 2.80. The normalized spacial score (nSPS) is 22.8. The minimum Gasteiger partial charge on any atom is -0.368 e. The van der Waals surface area contributed by atoms with Gasteiger partial charge in [-0.1, -0.05) is 61.3 Å². The minimum absolute atomic E-state index is 0.0558. The summed E-state index contributed by atoms with van der Waals surface area (Å²) in [5.74, 6) is 0.173. The van der Waals surface area contributed by atoms with Crippen molar-refractivity contribution in [3.63, 3.8) is 0 Å². The van der Waals surface area contributed by atoms with Gasteiger partial charge < -0.3 is 9.84 Å². The van der Waals surface area contributed by atoms with E-state index >= 15 is 0 Å². The molecule has 2 heteroatoms. The van der Waals surface area contributed by atoms with Gasteiger partial charge in [0.25, 0.3) is 0 Å². The summed E-state index contributed by atoms with van der Waals surface area (Å²) in [6.45, 7) is 15.5. The molecule has 0 amide bonds. The highest BCUT2D eigenvalue weighted by Gasteiger charge is 2.41. The monoisotopic (exact) mass is 284 g/mol. The summed E-state index contributed by atoms with van der Waals surface area (Å²) in [6, 6.07) is 0. The van der Waals surface area contributed by atoms with E-state index in [0.717, 1.165) is 25.7 Å². The zero-order valence-electron chi connectivity index (χ0n) is 14.8. The molecule has 0 saturated heterocycles. The molecule has 1 aliphatic rings. The van der Waals surface area contributed by atoms with Gasteiger partial charge >= 0.3 is 0 Å². The average Bonchev–Trinajstić information content (AvgIpc) is 2.72. The molecule has 0 bridgehead atoms. The average molecular weight is 284 g/mol. The van der Waals surface area contributed by atoms with E-state index in [1.807, 2.05) is 0 Å². The predicted molar refractivity (Wildman–Crippen MR) is 85.6 cm³/mol. The summed E-state index contributed by atoms with van der Waals surface area (Å²) in [4.78, 5) is 0. The lowest BCUT2D eigenvalue weighted by molar-refractivity contribution is -0.227. The molecule has 0 aliphatic heterocycles. The van der Waals surface area contributed by atoms with E-state index in [-0.39, 0.29) is 22.3 Å². The Labute approximate surface area is 126 Å². The Kier molecular flexibility index (Phi) is 5.71. The zero-order chi connectivity index (χ0) is 15.6. The van der Waals surface area contributed by atoms with Crippen LogP contribution in [0.5, 0.6) is 0 Å². The summed E-state index contributed by atoms with van der Waals surface area (Å²) in [5.41, 5.74) is 0.193. The third-order valence-corrected chi connectivity index (χ3v) is 4.82. The van der Waals surface area contributed by atoms with Gasteiger partial charge in [-0.05, 0) is 36.5 Å². The van der Waals surface area contributed by atoms with Gasteiger partial charge in [0.2, 0.25) is 0 Å². The molecule has 20 heavy (non-hydrogen) atoms. The van der Waals surface area contributed by atoms with Crippen LogP contribution >= 0.6 is 0 Å². The number of rotatable bonds is 5. The first-order chi connectivity index (χ1) is 8.99. The summed E-state index contributed by atoms with van der Waals surface area (Å²) in [5, 5.41) is 10.7. The molecular formula is C18H36O2. The van der Waals surface area contributed by atoms with E-state index in [4.69, 9.17) is 4.74 Å². The number of aliphatic hydroxyl groups excluding tert-OH is 1. The maximum atomic E-state index is 10.7. The number of hydrogen-bond acceptors (Lipinski definition) is 2. The van der Waals surface area contributed by atoms with E-state index in [1.54, 1.807) is 0 Å². The molecule has 120 valence electrons. The molecule has 2 nitrogen and oxygen atoms in total. The smallest absolute Gasteiger partial charge is 0.158 e. The summed E-state index contributed by atoms with van der Waals surface area (Å²) in [7, 11) is 0. The predicted octanol–water partition coefficient (Wildman–Crippen LogP) is 5.14. The van der Waals surface area contributed by atoms with Crippen LogP contribution in [-0.2, 0) is 4.74 Å². The van der Waals surface area contributed by atoms with Crippen LogP contribution < -0.4 is 0 Å². The third kappa shape index (κ3) is 5.04. The van der Waals surface area contributed by atoms with E-state index in [9.17, 15) is 5.11 Å². The van der Waals surface area contributed by atoms with Gasteiger partial charge in [0, 0.05) is 5.92 Å². The first-order valence-electron chi connectivity index (χ1n) is 8.35. The van der Waals surface area contributed by atoms with E-state index in [2.05, 4.69) is 48.5 Å². The van der Waals surface area contributed by atoms with Crippen molar-refractivity contribution in [3.05, 3.63) is 0 Å². The quantitative estimate of drug-likeness (QED) is 0.708. The first-order valence-corrected chi connectivity index (χ1v) is 8.35. The van der Waals surface area contributed by atoms with E-state index in [1.165, 1.54) is 12.8 Å². The van der Waals surface area contributed by atoms with Crippen molar-refractivity contribution in [3.8, 4) is 0 Å². The second kappa shape index (κ2) is 6.36. The highest BCUT2D eigenvalue weighted by molar-refractivity contribution is 4.88. The Morgan fingerprint density at radius 3 is 1.90 bits per heavy atom. The van der Waals surface area contributed by atoms with Crippen molar-refractivity contribution in [1.29, 1.82) is 0 Å². The van der Waals surface area contributed by atoms with Crippen LogP contribution in [0.2, 0.25) is 0 Å². The van der Waals surface area contributed by atoms with Gasteiger partial charge in [-0.2, -0.15) is 0 Å². The van der Waals surface area contributed by atoms with Crippen LogP contribution in [0.15, 0.2) is 0 Å². The molecule has 1 aliphatic carbocycles. The zero-order valence-corrected chi connectivity index (χ0v) is 14.8. The maximum Gasteiger partial charge on any atom is 0.158 e. The lowest BCUT2D eigenvalue weighted by Gasteiger charge is -2.41. The summed E-state index contributed by atoms with van der Waals surface area (Å²) >= 11 is 0. The Morgan fingerprint density at radius 2 is 1.55 bits per heavy atom. The fourth-order valence-corrected chi connectivity index (χ4v) is 3.41. The highest BCUT2D eigenvalue weighted by Crippen LogP contribution is 2.43. The van der Waals surface area contributed by atoms with Crippen LogP contribution in [-0.4, -0.2) is 17.0 Å². The molecular weight excluding hydrogens is 248 g/mol. The van der Waals surface area contributed by atoms with E-state index < -0.39 is 6.29 Å².